The first kappa shape index (κ1) is 22.5. The number of rotatable bonds is 6. The van der Waals surface area contributed by atoms with E-state index in [1.165, 1.54) is 29.6 Å². The number of fused-ring (bicyclic) bond motifs is 1. The lowest BCUT2D eigenvalue weighted by atomic mass is 9.74. The first-order chi connectivity index (χ1) is 12.3. The van der Waals surface area contributed by atoms with Crippen molar-refractivity contribution in [3.63, 3.8) is 0 Å². The SMILES string of the molecule is COc1c(OC)c([Si](C)(C)C)c2c(c1[Si](C)(C)C)C[C@@H](C)C[C@@H]2CC(C)C. The Morgan fingerprint density at radius 1 is 0.889 bits per heavy atom. The molecule has 0 fully saturated rings. The second-order valence-electron chi connectivity index (χ2n) is 11.1. The van der Waals surface area contributed by atoms with Crippen molar-refractivity contribution in [2.45, 2.75) is 85.2 Å². The predicted octanol–water partition coefficient (Wildman–Crippen LogP) is 5.51. The van der Waals surface area contributed by atoms with Crippen LogP contribution in [0.4, 0.5) is 0 Å². The summed E-state index contributed by atoms with van der Waals surface area (Å²) in [7, 11) is 0.462. The Bertz CT molecular complexity index is 681. The van der Waals surface area contributed by atoms with Crippen LogP contribution in [-0.2, 0) is 6.42 Å². The monoisotopic (exact) mass is 406 g/mol. The maximum atomic E-state index is 6.11. The number of benzene rings is 1. The number of ether oxygens (including phenoxy) is 2. The standard InChI is InChI=1S/C23H42O2Si2/c1-15(2)12-17-13-16(3)14-18-19(17)23(27(9,10)11)21(25-5)20(24-4)22(18)26(6,7)8/h15-17H,12-14H2,1-11H3/t16-,17-/m0/s1. The van der Waals surface area contributed by atoms with Crippen LogP contribution in [-0.4, -0.2) is 30.4 Å². The average molecular weight is 407 g/mol. The van der Waals surface area contributed by atoms with E-state index in [9.17, 15) is 0 Å². The summed E-state index contributed by atoms with van der Waals surface area (Å²) in [6.07, 6.45) is 3.78. The molecule has 4 heteroatoms. The molecule has 1 aromatic rings. The van der Waals surface area contributed by atoms with Gasteiger partial charge in [-0.05, 0) is 58.5 Å². The Hall–Kier alpha value is -0.746. The van der Waals surface area contributed by atoms with E-state index >= 15 is 0 Å². The summed E-state index contributed by atoms with van der Waals surface area (Å²) in [5, 5.41) is 3.04. The zero-order valence-corrected chi connectivity index (χ0v) is 21.7. The van der Waals surface area contributed by atoms with Crippen molar-refractivity contribution in [1.82, 2.24) is 0 Å². The van der Waals surface area contributed by atoms with E-state index in [1.54, 1.807) is 11.1 Å². The van der Waals surface area contributed by atoms with Gasteiger partial charge in [-0.3, -0.25) is 0 Å². The van der Waals surface area contributed by atoms with Crippen LogP contribution >= 0.6 is 0 Å². The molecule has 0 N–H and O–H groups in total. The molecule has 0 amide bonds. The fourth-order valence-electron chi connectivity index (χ4n) is 5.18. The quantitative estimate of drug-likeness (QED) is 0.580. The van der Waals surface area contributed by atoms with Gasteiger partial charge in [-0.25, -0.2) is 0 Å². The third kappa shape index (κ3) is 4.47. The van der Waals surface area contributed by atoms with Crippen molar-refractivity contribution in [3.8, 4) is 11.5 Å². The molecule has 1 aromatic carbocycles. The molecular formula is C23H42O2Si2. The van der Waals surface area contributed by atoms with Crippen molar-refractivity contribution in [2.75, 3.05) is 14.2 Å². The van der Waals surface area contributed by atoms with Gasteiger partial charge < -0.3 is 9.47 Å². The molecular weight excluding hydrogens is 364 g/mol. The second kappa shape index (κ2) is 7.94. The third-order valence-corrected chi connectivity index (χ3v) is 9.89. The molecule has 0 aliphatic heterocycles. The normalized spacial score (nSPS) is 20.6. The van der Waals surface area contributed by atoms with Crippen LogP contribution in [0.2, 0.25) is 39.3 Å². The Kier molecular flexibility index (Phi) is 6.63. The van der Waals surface area contributed by atoms with Crippen LogP contribution in [0.5, 0.6) is 11.5 Å². The number of hydrogen-bond acceptors (Lipinski definition) is 2. The molecule has 0 bridgehead atoms. The minimum Gasteiger partial charge on any atom is -0.493 e. The van der Waals surface area contributed by atoms with E-state index in [-0.39, 0.29) is 0 Å². The van der Waals surface area contributed by atoms with E-state index in [1.807, 2.05) is 14.2 Å². The van der Waals surface area contributed by atoms with Crippen molar-refractivity contribution in [1.29, 1.82) is 0 Å². The molecule has 154 valence electrons. The summed E-state index contributed by atoms with van der Waals surface area (Å²) in [6, 6.07) is 0. The van der Waals surface area contributed by atoms with Gasteiger partial charge in [0.1, 0.15) is 0 Å². The van der Waals surface area contributed by atoms with Gasteiger partial charge in [0.2, 0.25) is 0 Å². The topological polar surface area (TPSA) is 18.5 Å². The first-order valence-corrected chi connectivity index (χ1v) is 17.6. The van der Waals surface area contributed by atoms with E-state index in [0.717, 1.165) is 17.4 Å². The minimum atomic E-state index is -1.61. The van der Waals surface area contributed by atoms with Crippen LogP contribution in [0.1, 0.15) is 50.7 Å². The van der Waals surface area contributed by atoms with E-state index < -0.39 is 16.1 Å². The van der Waals surface area contributed by atoms with Crippen LogP contribution in [0.15, 0.2) is 0 Å². The minimum absolute atomic E-state index is 0.653. The summed E-state index contributed by atoms with van der Waals surface area (Å²) < 4.78 is 12.2. The highest BCUT2D eigenvalue weighted by molar-refractivity contribution is 6.92. The lowest BCUT2D eigenvalue weighted by Crippen LogP contribution is -2.50. The highest BCUT2D eigenvalue weighted by atomic mass is 28.3. The Labute approximate surface area is 170 Å². The van der Waals surface area contributed by atoms with Gasteiger partial charge in [-0.2, -0.15) is 0 Å². The predicted molar refractivity (Wildman–Crippen MR) is 125 cm³/mol. The first-order valence-electron chi connectivity index (χ1n) is 10.6. The van der Waals surface area contributed by atoms with Gasteiger partial charge in [-0.15, -0.1) is 0 Å². The van der Waals surface area contributed by atoms with Crippen LogP contribution < -0.4 is 19.8 Å². The van der Waals surface area contributed by atoms with Gasteiger partial charge in [0.25, 0.3) is 0 Å². The largest absolute Gasteiger partial charge is 0.493 e. The fourth-order valence-corrected chi connectivity index (χ4v) is 9.28. The molecule has 2 atom stereocenters. The number of hydrogen-bond donors (Lipinski definition) is 0. The molecule has 2 nitrogen and oxygen atoms in total. The summed E-state index contributed by atoms with van der Waals surface area (Å²) in [5.74, 6) is 4.21. The van der Waals surface area contributed by atoms with Gasteiger partial charge in [0.05, 0.1) is 30.4 Å². The number of methoxy groups -OCH3 is 2. The molecule has 0 spiro atoms. The summed E-state index contributed by atoms with van der Waals surface area (Å²) in [5.41, 5.74) is 3.30. The average Bonchev–Trinajstić information content (AvgIpc) is 2.49. The molecule has 2 rings (SSSR count). The molecule has 0 saturated heterocycles. The van der Waals surface area contributed by atoms with Crippen molar-refractivity contribution in [3.05, 3.63) is 11.1 Å². The summed E-state index contributed by atoms with van der Waals surface area (Å²) in [4.78, 5) is 0. The van der Waals surface area contributed by atoms with Crippen LogP contribution in [0.3, 0.4) is 0 Å². The van der Waals surface area contributed by atoms with Gasteiger partial charge in [0.15, 0.2) is 11.5 Å². The summed E-state index contributed by atoms with van der Waals surface area (Å²) in [6.45, 7) is 21.9. The Morgan fingerprint density at radius 3 is 1.78 bits per heavy atom. The maximum absolute atomic E-state index is 6.11. The molecule has 0 aromatic heterocycles. The molecule has 1 aliphatic carbocycles. The van der Waals surface area contributed by atoms with Crippen molar-refractivity contribution in [2.24, 2.45) is 11.8 Å². The van der Waals surface area contributed by atoms with Gasteiger partial charge >= 0.3 is 0 Å². The molecule has 0 unspecified atom stereocenters. The zero-order valence-electron chi connectivity index (χ0n) is 19.7. The molecule has 0 heterocycles. The lowest BCUT2D eigenvalue weighted by molar-refractivity contribution is 0.351. The molecule has 0 radical (unpaired) electrons. The second-order valence-corrected chi connectivity index (χ2v) is 21.1. The molecule has 0 saturated carbocycles. The molecule has 27 heavy (non-hydrogen) atoms. The van der Waals surface area contributed by atoms with E-state index in [0.29, 0.717) is 11.8 Å². The Balaban J connectivity index is 3.00. The fraction of sp³-hybridized carbons (Fsp3) is 0.739. The highest BCUT2D eigenvalue weighted by Crippen LogP contribution is 2.43. The smallest absolute Gasteiger partial charge is 0.160 e. The Morgan fingerprint density at radius 2 is 1.37 bits per heavy atom. The van der Waals surface area contributed by atoms with Crippen molar-refractivity contribution >= 4 is 26.5 Å². The third-order valence-electron chi connectivity index (χ3n) is 5.87. The van der Waals surface area contributed by atoms with Crippen LogP contribution in [0, 0.1) is 11.8 Å². The van der Waals surface area contributed by atoms with Crippen LogP contribution in [0.25, 0.3) is 0 Å². The summed E-state index contributed by atoms with van der Waals surface area (Å²) >= 11 is 0. The lowest BCUT2D eigenvalue weighted by Gasteiger charge is -2.40. The van der Waals surface area contributed by atoms with E-state index in [2.05, 4.69) is 60.1 Å². The van der Waals surface area contributed by atoms with E-state index in [4.69, 9.17) is 9.47 Å². The maximum Gasteiger partial charge on any atom is 0.160 e. The highest BCUT2D eigenvalue weighted by Gasteiger charge is 2.40. The van der Waals surface area contributed by atoms with Gasteiger partial charge in [-0.1, -0.05) is 60.1 Å². The zero-order chi connectivity index (χ0) is 20.7. The van der Waals surface area contributed by atoms with Gasteiger partial charge in [0, 0.05) is 0 Å². The van der Waals surface area contributed by atoms with Crippen molar-refractivity contribution < 1.29 is 9.47 Å². The molecule has 1 aliphatic rings.